The molecule has 1 heterocycles. The zero-order valence-electron chi connectivity index (χ0n) is 13.1. The van der Waals surface area contributed by atoms with Crippen LogP contribution in [-0.2, 0) is 4.74 Å². The Balaban J connectivity index is 2.31. The minimum Gasteiger partial charge on any atom is -0.444 e. The van der Waals surface area contributed by atoms with Gasteiger partial charge in [-0.25, -0.2) is 4.79 Å². The van der Waals surface area contributed by atoms with Crippen molar-refractivity contribution in [2.24, 2.45) is 5.73 Å². The third kappa shape index (κ3) is 4.28. The van der Waals surface area contributed by atoms with Crippen molar-refractivity contribution in [2.45, 2.75) is 51.3 Å². The highest BCUT2D eigenvalue weighted by Gasteiger charge is 2.35. The molecule has 0 aromatic heterocycles. The van der Waals surface area contributed by atoms with Crippen molar-refractivity contribution in [3.05, 3.63) is 33.8 Å². The van der Waals surface area contributed by atoms with E-state index in [1.165, 1.54) is 0 Å². The fourth-order valence-electron chi connectivity index (χ4n) is 2.60. The van der Waals surface area contributed by atoms with Crippen LogP contribution in [0.15, 0.2) is 18.2 Å². The van der Waals surface area contributed by atoms with E-state index in [4.69, 9.17) is 33.7 Å². The number of likely N-dealkylation sites (tertiary alicyclic amines) is 1. The van der Waals surface area contributed by atoms with Gasteiger partial charge in [0.15, 0.2) is 0 Å². The first-order valence-corrected chi connectivity index (χ1v) is 8.13. The molecule has 1 saturated heterocycles. The van der Waals surface area contributed by atoms with Crippen LogP contribution in [0.2, 0.25) is 10.0 Å². The summed E-state index contributed by atoms with van der Waals surface area (Å²) in [5, 5.41) is 1.17. The van der Waals surface area contributed by atoms with Crippen molar-refractivity contribution < 1.29 is 9.53 Å². The number of amides is 1. The highest BCUT2D eigenvalue weighted by Crippen LogP contribution is 2.36. The summed E-state index contributed by atoms with van der Waals surface area (Å²) in [6.45, 7) is 6.09. The number of hydrogen-bond donors (Lipinski definition) is 1. The molecule has 22 heavy (non-hydrogen) atoms. The summed E-state index contributed by atoms with van der Waals surface area (Å²) in [5.41, 5.74) is 6.36. The van der Waals surface area contributed by atoms with E-state index in [0.717, 1.165) is 12.0 Å². The maximum absolute atomic E-state index is 12.5. The summed E-state index contributed by atoms with van der Waals surface area (Å²) in [6, 6.07) is 5.08. The van der Waals surface area contributed by atoms with Crippen molar-refractivity contribution >= 4 is 29.3 Å². The predicted octanol–water partition coefficient (Wildman–Crippen LogP) is 4.39. The molecular weight excluding hydrogens is 323 g/mol. The van der Waals surface area contributed by atoms with Gasteiger partial charge in [0.25, 0.3) is 0 Å². The Morgan fingerprint density at radius 1 is 1.36 bits per heavy atom. The molecule has 1 aromatic carbocycles. The van der Waals surface area contributed by atoms with Crippen LogP contribution in [0, 0.1) is 0 Å². The average Bonchev–Trinajstić information content (AvgIpc) is 2.39. The second kappa shape index (κ2) is 6.65. The van der Waals surface area contributed by atoms with E-state index in [9.17, 15) is 4.79 Å². The summed E-state index contributed by atoms with van der Waals surface area (Å²) >= 11 is 12.4. The Labute approximate surface area is 141 Å². The van der Waals surface area contributed by atoms with E-state index in [1.54, 1.807) is 23.1 Å². The molecule has 0 spiro atoms. The van der Waals surface area contributed by atoms with Crippen LogP contribution in [0.5, 0.6) is 0 Å². The summed E-state index contributed by atoms with van der Waals surface area (Å²) in [7, 11) is 0. The maximum atomic E-state index is 12.5. The Hall–Kier alpha value is -0.970. The van der Waals surface area contributed by atoms with Gasteiger partial charge in [0.1, 0.15) is 5.60 Å². The smallest absolute Gasteiger partial charge is 0.410 e. The molecule has 1 amide bonds. The molecule has 0 bridgehead atoms. The minimum absolute atomic E-state index is 0.0266. The third-order valence-corrected chi connectivity index (χ3v) is 4.17. The van der Waals surface area contributed by atoms with Gasteiger partial charge < -0.3 is 15.4 Å². The number of piperidine rings is 1. The van der Waals surface area contributed by atoms with Crippen molar-refractivity contribution in [1.29, 1.82) is 0 Å². The van der Waals surface area contributed by atoms with E-state index < -0.39 is 5.60 Å². The van der Waals surface area contributed by atoms with Gasteiger partial charge in [0, 0.05) is 22.6 Å². The largest absolute Gasteiger partial charge is 0.444 e. The summed E-state index contributed by atoms with van der Waals surface area (Å²) in [6.07, 6.45) is 1.04. The van der Waals surface area contributed by atoms with Gasteiger partial charge in [-0.1, -0.05) is 23.2 Å². The highest BCUT2D eigenvalue weighted by atomic mass is 35.5. The van der Waals surface area contributed by atoms with Gasteiger partial charge in [0.05, 0.1) is 6.04 Å². The molecule has 0 saturated carbocycles. The van der Waals surface area contributed by atoms with Crippen molar-refractivity contribution in [3.8, 4) is 0 Å². The van der Waals surface area contributed by atoms with E-state index in [-0.39, 0.29) is 18.2 Å². The summed E-state index contributed by atoms with van der Waals surface area (Å²) in [4.78, 5) is 14.2. The molecule has 4 nitrogen and oxygen atoms in total. The number of benzene rings is 1. The van der Waals surface area contributed by atoms with Crippen molar-refractivity contribution in [1.82, 2.24) is 4.90 Å². The van der Waals surface area contributed by atoms with Crippen LogP contribution >= 0.6 is 23.2 Å². The van der Waals surface area contributed by atoms with Gasteiger partial charge in [-0.15, -0.1) is 0 Å². The first-order chi connectivity index (χ1) is 10.2. The minimum atomic E-state index is -0.542. The zero-order valence-corrected chi connectivity index (χ0v) is 14.6. The van der Waals surface area contributed by atoms with Gasteiger partial charge in [-0.05, 0) is 57.4 Å². The number of nitrogens with two attached hydrogens (primary N) is 1. The molecule has 6 heteroatoms. The molecule has 1 aromatic rings. The molecule has 1 aliphatic heterocycles. The molecule has 2 unspecified atom stereocenters. The number of nitrogens with zero attached hydrogens (tertiary/aromatic N) is 1. The number of rotatable bonds is 1. The van der Waals surface area contributed by atoms with Crippen LogP contribution < -0.4 is 5.73 Å². The van der Waals surface area contributed by atoms with E-state index in [1.807, 2.05) is 20.8 Å². The second-order valence-electron chi connectivity index (χ2n) is 6.64. The molecule has 2 N–H and O–H groups in total. The topological polar surface area (TPSA) is 55.6 Å². The van der Waals surface area contributed by atoms with Gasteiger partial charge in [-0.3, -0.25) is 0 Å². The van der Waals surface area contributed by atoms with Crippen LogP contribution in [-0.4, -0.2) is 29.2 Å². The first kappa shape index (κ1) is 17.4. The summed E-state index contributed by atoms with van der Waals surface area (Å²) in [5.74, 6) is 0. The molecule has 2 atom stereocenters. The molecule has 122 valence electrons. The fourth-order valence-corrected chi connectivity index (χ4v) is 3.02. The molecule has 0 aliphatic carbocycles. The molecular formula is C16H22Cl2N2O2. The first-order valence-electron chi connectivity index (χ1n) is 7.37. The average molecular weight is 345 g/mol. The van der Waals surface area contributed by atoms with Crippen LogP contribution in [0.25, 0.3) is 0 Å². The summed E-state index contributed by atoms with van der Waals surface area (Å²) < 4.78 is 5.50. The van der Waals surface area contributed by atoms with Crippen LogP contribution in [0.3, 0.4) is 0 Å². The van der Waals surface area contributed by atoms with Crippen molar-refractivity contribution in [3.63, 3.8) is 0 Å². The van der Waals surface area contributed by atoms with E-state index in [0.29, 0.717) is 23.0 Å². The number of ether oxygens (including phenoxy) is 1. The van der Waals surface area contributed by atoms with Crippen molar-refractivity contribution in [2.75, 3.05) is 6.54 Å². The highest BCUT2D eigenvalue weighted by molar-refractivity contribution is 6.33. The number of carbonyl (C=O) groups excluding carboxylic acids is 1. The lowest BCUT2D eigenvalue weighted by molar-refractivity contribution is 0.00799. The number of halogens is 2. The predicted molar refractivity (Wildman–Crippen MR) is 89.4 cm³/mol. The van der Waals surface area contributed by atoms with E-state index in [2.05, 4.69) is 0 Å². The lowest BCUT2D eigenvalue weighted by Gasteiger charge is -2.39. The van der Waals surface area contributed by atoms with Crippen LogP contribution in [0.4, 0.5) is 4.79 Å². The number of carbonyl (C=O) groups is 1. The third-order valence-electron chi connectivity index (χ3n) is 3.59. The standard InChI is InChI=1S/C16H22Cl2N2O2/c1-16(2,3)22-15(21)20-7-6-11(19)9-14(20)12-8-10(17)4-5-13(12)18/h4-5,8,11,14H,6-7,9,19H2,1-3H3. The Bertz CT molecular complexity index is 558. The van der Waals surface area contributed by atoms with Gasteiger partial charge in [0.2, 0.25) is 0 Å². The Morgan fingerprint density at radius 3 is 2.68 bits per heavy atom. The molecule has 2 rings (SSSR count). The normalized spacial score (nSPS) is 22.5. The number of hydrogen-bond acceptors (Lipinski definition) is 3. The fraction of sp³-hybridized carbons (Fsp3) is 0.562. The monoisotopic (exact) mass is 344 g/mol. The second-order valence-corrected chi connectivity index (χ2v) is 7.48. The molecule has 1 aliphatic rings. The lowest BCUT2D eigenvalue weighted by Crippen LogP contribution is -2.47. The molecule has 0 radical (unpaired) electrons. The van der Waals surface area contributed by atoms with E-state index >= 15 is 0 Å². The van der Waals surface area contributed by atoms with Gasteiger partial charge in [-0.2, -0.15) is 0 Å². The zero-order chi connectivity index (χ0) is 16.5. The quantitative estimate of drug-likeness (QED) is 0.821. The van der Waals surface area contributed by atoms with Gasteiger partial charge >= 0.3 is 6.09 Å². The SMILES string of the molecule is CC(C)(C)OC(=O)N1CCC(N)CC1c1cc(Cl)ccc1Cl. The Morgan fingerprint density at radius 2 is 2.05 bits per heavy atom. The lowest BCUT2D eigenvalue weighted by atomic mass is 9.92. The molecule has 1 fully saturated rings. The Kier molecular flexibility index (Phi) is 5.25. The maximum Gasteiger partial charge on any atom is 0.410 e. The van der Waals surface area contributed by atoms with Crippen LogP contribution in [0.1, 0.15) is 45.2 Å².